The molecule has 0 unspecified atom stereocenters. The second-order valence-electron chi connectivity index (χ2n) is 6.60. The number of carbonyl (C=O) groups excluding carboxylic acids is 1. The minimum Gasteiger partial charge on any atom is -0.478 e. The fraction of sp³-hybridized carbons (Fsp3) is 0.136. The van der Waals surface area contributed by atoms with Crippen LogP contribution in [-0.4, -0.2) is 23.2 Å². The molecule has 2 N–H and O–H groups in total. The molecule has 0 aliphatic heterocycles. The number of hydrogen-bond donors (Lipinski definition) is 2. The number of carboxylic acid groups (broad SMARTS) is 1. The van der Waals surface area contributed by atoms with Crippen LogP contribution in [-0.2, 0) is 11.2 Å². The van der Waals surface area contributed by atoms with E-state index in [4.69, 9.17) is 16.0 Å². The number of benzene rings is 2. The number of aryl methyl sites for hydroxylation is 2. The first-order valence-electron chi connectivity index (χ1n) is 8.84. The van der Waals surface area contributed by atoms with Crippen molar-refractivity contribution in [2.45, 2.75) is 20.3 Å². The predicted octanol–water partition coefficient (Wildman–Crippen LogP) is 4.61. The Labute approximate surface area is 172 Å². The summed E-state index contributed by atoms with van der Waals surface area (Å²) >= 11 is 5.89. The summed E-state index contributed by atoms with van der Waals surface area (Å²) < 4.78 is 5.64. The number of hydrazone groups is 1. The Kier molecular flexibility index (Phi) is 6.14. The molecular weight excluding hydrogens is 392 g/mol. The Hall–Kier alpha value is -3.38. The summed E-state index contributed by atoms with van der Waals surface area (Å²) in [5, 5.41) is 13.2. The Bertz CT molecular complexity index is 1100. The van der Waals surface area contributed by atoms with E-state index < -0.39 is 5.97 Å². The van der Waals surface area contributed by atoms with Gasteiger partial charge in [0.15, 0.2) is 0 Å². The molecular formula is C22H19ClN2O4. The van der Waals surface area contributed by atoms with Gasteiger partial charge in [0.2, 0.25) is 5.91 Å². The summed E-state index contributed by atoms with van der Waals surface area (Å²) in [6.07, 6.45) is 1.62. The third-order valence-corrected chi connectivity index (χ3v) is 4.67. The SMILES string of the molecule is Cc1ccc(C)c(CC(=O)N/N=C\c2ccc(-c3ccc(Cl)c(C(=O)O)c3)o2)c1. The molecule has 0 bridgehead atoms. The van der Waals surface area contributed by atoms with E-state index in [2.05, 4.69) is 10.5 Å². The predicted molar refractivity (Wildman–Crippen MR) is 111 cm³/mol. The highest BCUT2D eigenvalue weighted by molar-refractivity contribution is 6.33. The van der Waals surface area contributed by atoms with Crippen LogP contribution in [0.15, 0.2) is 58.0 Å². The summed E-state index contributed by atoms with van der Waals surface area (Å²) in [7, 11) is 0. The molecule has 3 aromatic rings. The molecule has 29 heavy (non-hydrogen) atoms. The van der Waals surface area contributed by atoms with Crippen molar-refractivity contribution in [1.29, 1.82) is 0 Å². The van der Waals surface area contributed by atoms with Gasteiger partial charge in [0.25, 0.3) is 0 Å². The van der Waals surface area contributed by atoms with Crippen molar-refractivity contribution in [3.05, 3.63) is 81.6 Å². The molecule has 148 valence electrons. The Morgan fingerprint density at radius 3 is 2.69 bits per heavy atom. The Morgan fingerprint density at radius 2 is 1.93 bits per heavy atom. The molecule has 0 fully saturated rings. The molecule has 1 amide bonds. The average molecular weight is 411 g/mol. The number of hydrogen-bond acceptors (Lipinski definition) is 4. The van der Waals surface area contributed by atoms with E-state index in [0.717, 1.165) is 16.7 Å². The maximum Gasteiger partial charge on any atom is 0.337 e. The van der Waals surface area contributed by atoms with Crippen LogP contribution in [0.3, 0.4) is 0 Å². The van der Waals surface area contributed by atoms with Crippen molar-refractivity contribution in [3.8, 4) is 11.3 Å². The lowest BCUT2D eigenvalue weighted by Crippen LogP contribution is -2.20. The minimum atomic E-state index is -1.11. The maximum absolute atomic E-state index is 12.1. The maximum atomic E-state index is 12.1. The number of rotatable bonds is 6. The van der Waals surface area contributed by atoms with Crippen molar-refractivity contribution in [2.75, 3.05) is 0 Å². The first-order chi connectivity index (χ1) is 13.8. The monoisotopic (exact) mass is 410 g/mol. The van der Waals surface area contributed by atoms with E-state index >= 15 is 0 Å². The van der Waals surface area contributed by atoms with Crippen LogP contribution in [0, 0.1) is 13.8 Å². The lowest BCUT2D eigenvalue weighted by molar-refractivity contribution is -0.120. The zero-order valence-electron chi connectivity index (χ0n) is 15.9. The van der Waals surface area contributed by atoms with Gasteiger partial charge in [-0.15, -0.1) is 0 Å². The zero-order chi connectivity index (χ0) is 21.0. The molecule has 0 spiro atoms. The standard InChI is InChI=1S/C22H19ClN2O4/c1-13-3-4-14(2)16(9-13)11-21(26)25-24-12-17-6-8-20(29-17)15-5-7-19(23)18(10-15)22(27)28/h3-10,12H,11H2,1-2H3,(H,25,26)(H,27,28)/b24-12-. The minimum absolute atomic E-state index is 0.00510. The molecule has 0 saturated carbocycles. The fourth-order valence-electron chi connectivity index (χ4n) is 2.79. The molecule has 1 heterocycles. The van der Waals surface area contributed by atoms with Crippen LogP contribution in [0.5, 0.6) is 0 Å². The highest BCUT2D eigenvalue weighted by Gasteiger charge is 2.12. The summed E-state index contributed by atoms with van der Waals surface area (Å²) in [5.74, 6) is -0.464. The van der Waals surface area contributed by atoms with Crippen LogP contribution < -0.4 is 5.43 Å². The molecule has 1 aromatic heterocycles. The topological polar surface area (TPSA) is 91.9 Å². The number of furan rings is 1. The molecule has 3 rings (SSSR count). The van der Waals surface area contributed by atoms with Crippen molar-refractivity contribution < 1.29 is 19.1 Å². The van der Waals surface area contributed by atoms with Crippen molar-refractivity contribution in [2.24, 2.45) is 5.10 Å². The Morgan fingerprint density at radius 1 is 1.14 bits per heavy atom. The zero-order valence-corrected chi connectivity index (χ0v) is 16.7. The second-order valence-corrected chi connectivity index (χ2v) is 7.01. The van der Waals surface area contributed by atoms with Gasteiger partial charge in [0, 0.05) is 5.56 Å². The van der Waals surface area contributed by atoms with Crippen LogP contribution in [0.2, 0.25) is 5.02 Å². The molecule has 7 heteroatoms. The molecule has 0 saturated heterocycles. The molecule has 6 nitrogen and oxygen atoms in total. The van der Waals surface area contributed by atoms with Crippen LogP contribution in [0.25, 0.3) is 11.3 Å². The summed E-state index contributed by atoms with van der Waals surface area (Å²) in [4.78, 5) is 23.3. The first-order valence-corrected chi connectivity index (χ1v) is 9.22. The third-order valence-electron chi connectivity index (χ3n) is 4.34. The van der Waals surface area contributed by atoms with Crippen LogP contribution >= 0.6 is 11.6 Å². The van der Waals surface area contributed by atoms with Crippen LogP contribution in [0.4, 0.5) is 0 Å². The number of nitrogens with one attached hydrogen (secondary N) is 1. The normalized spacial score (nSPS) is 11.0. The van der Waals surface area contributed by atoms with Gasteiger partial charge in [-0.05, 0) is 55.3 Å². The van der Waals surface area contributed by atoms with Gasteiger partial charge in [-0.1, -0.05) is 35.4 Å². The lowest BCUT2D eigenvalue weighted by Gasteiger charge is -2.05. The molecule has 0 aliphatic rings. The van der Waals surface area contributed by atoms with E-state index in [9.17, 15) is 14.7 Å². The van der Waals surface area contributed by atoms with Crippen molar-refractivity contribution in [3.63, 3.8) is 0 Å². The first kappa shape index (κ1) is 20.4. The van der Waals surface area contributed by atoms with Gasteiger partial charge in [0.05, 0.1) is 23.2 Å². The smallest absolute Gasteiger partial charge is 0.337 e. The van der Waals surface area contributed by atoms with Crippen molar-refractivity contribution >= 4 is 29.7 Å². The van der Waals surface area contributed by atoms with Crippen LogP contribution in [0.1, 0.15) is 32.8 Å². The molecule has 2 aromatic carbocycles. The van der Waals surface area contributed by atoms with Gasteiger partial charge < -0.3 is 9.52 Å². The number of aromatic carboxylic acids is 1. The van der Waals surface area contributed by atoms with E-state index in [0.29, 0.717) is 17.1 Å². The number of carboxylic acids is 1. The second kappa shape index (κ2) is 8.75. The fourth-order valence-corrected chi connectivity index (χ4v) is 2.99. The van der Waals surface area contributed by atoms with Gasteiger partial charge in [0.1, 0.15) is 11.5 Å². The highest BCUT2D eigenvalue weighted by atomic mass is 35.5. The number of halogens is 1. The van der Waals surface area contributed by atoms with Gasteiger partial charge >= 0.3 is 5.97 Å². The summed E-state index contributed by atoms with van der Waals surface area (Å²) in [5.41, 5.74) is 6.15. The lowest BCUT2D eigenvalue weighted by atomic mass is 10.0. The summed E-state index contributed by atoms with van der Waals surface area (Å²) in [6, 6.07) is 13.9. The number of carbonyl (C=O) groups is 2. The highest BCUT2D eigenvalue weighted by Crippen LogP contribution is 2.26. The molecule has 0 radical (unpaired) electrons. The average Bonchev–Trinajstić information content (AvgIpc) is 3.14. The van der Waals surface area contributed by atoms with Gasteiger partial charge in [-0.2, -0.15) is 5.10 Å². The third kappa shape index (κ3) is 5.12. The number of nitrogens with zero attached hydrogens (tertiary/aromatic N) is 1. The molecule has 0 aliphatic carbocycles. The molecule has 0 atom stereocenters. The van der Waals surface area contributed by atoms with E-state index in [1.54, 1.807) is 18.2 Å². The number of amides is 1. The van der Waals surface area contributed by atoms with Gasteiger partial charge in [-0.25, -0.2) is 10.2 Å². The summed E-state index contributed by atoms with van der Waals surface area (Å²) in [6.45, 7) is 3.94. The van der Waals surface area contributed by atoms with Gasteiger partial charge in [-0.3, -0.25) is 4.79 Å². The van der Waals surface area contributed by atoms with E-state index in [1.165, 1.54) is 18.3 Å². The van der Waals surface area contributed by atoms with E-state index in [-0.39, 0.29) is 22.9 Å². The van der Waals surface area contributed by atoms with Crippen molar-refractivity contribution in [1.82, 2.24) is 5.43 Å². The van der Waals surface area contributed by atoms with E-state index in [1.807, 2.05) is 32.0 Å². The largest absolute Gasteiger partial charge is 0.478 e. The Balaban J connectivity index is 1.65. The quantitative estimate of drug-likeness (QED) is 0.458.